The fraction of sp³-hybridized carbons (Fsp3) is 0.500. The van der Waals surface area contributed by atoms with Gasteiger partial charge in [0.15, 0.2) is 6.04 Å². The molecule has 9 heteroatoms. The minimum absolute atomic E-state index is 0.0767. The lowest BCUT2D eigenvalue weighted by Gasteiger charge is -2.20. The van der Waals surface area contributed by atoms with E-state index in [0.29, 0.717) is 13.1 Å². The van der Waals surface area contributed by atoms with Crippen LogP contribution >= 0.6 is 0 Å². The highest BCUT2D eigenvalue weighted by molar-refractivity contribution is 7.89. The quantitative estimate of drug-likeness (QED) is 0.638. The molecule has 0 radical (unpaired) electrons. The summed E-state index contributed by atoms with van der Waals surface area (Å²) in [4.78, 5) is 23.8. The zero-order valence-corrected chi connectivity index (χ0v) is 15.5. The number of hydrogen-bond acceptors (Lipinski definition) is 6. The van der Waals surface area contributed by atoms with Crippen LogP contribution in [0.15, 0.2) is 29.2 Å². The van der Waals surface area contributed by atoms with Crippen LogP contribution in [0.3, 0.4) is 0 Å². The van der Waals surface area contributed by atoms with Crippen LogP contribution in [-0.2, 0) is 19.6 Å². The Balaban J connectivity index is 2.99. The maximum atomic E-state index is 12.4. The Morgan fingerprint density at radius 3 is 2.12 bits per heavy atom. The summed E-state index contributed by atoms with van der Waals surface area (Å²) in [5, 5.41) is 11.9. The second kappa shape index (κ2) is 8.93. The van der Waals surface area contributed by atoms with E-state index < -0.39 is 34.0 Å². The molecule has 0 aliphatic carbocycles. The van der Waals surface area contributed by atoms with Gasteiger partial charge in [0.05, 0.1) is 18.1 Å². The first-order valence-corrected chi connectivity index (χ1v) is 9.29. The average Bonchev–Trinajstić information content (AvgIpc) is 2.59. The van der Waals surface area contributed by atoms with Crippen molar-refractivity contribution < 1.29 is 27.9 Å². The summed E-state index contributed by atoms with van der Waals surface area (Å²) < 4.78 is 30.6. The summed E-state index contributed by atoms with van der Waals surface area (Å²) in [6, 6.07) is 4.15. The predicted octanol–water partition coefficient (Wildman–Crippen LogP) is 0.369. The number of aliphatic hydroxyl groups is 1. The molecule has 2 N–H and O–H groups in total. The zero-order valence-electron chi connectivity index (χ0n) is 14.7. The number of sulfonamides is 1. The highest BCUT2D eigenvalue weighted by Crippen LogP contribution is 2.16. The Kier molecular flexibility index (Phi) is 7.53. The number of ether oxygens (including phenoxy) is 1. The summed E-state index contributed by atoms with van der Waals surface area (Å²) in [6.07, 6.45) is -1.14. The molecule has 1 amide bonds. The Labute approximate surface area is 147 Å². The van der Waals surface area contributed by atoms with Crippen molar-refractivity contribution in [2.75, 3.05) is 20.2 Å². The summed E-state index contributed by atoms with van der Waals surface area (Å²) >= 11 is 0. The number of aliphatic hydroxyl groups excluding tert-OH is 1. The van der Waals surface area contributed by atoms with Gasteiger partial charge in [-0.1, -0.05) is 13.8 Å². The first-order valence-electron chi connectivity index (χ1n) is 7.85. The van der Waals surface area contributed by atoms with E-state index in [2.05, 4.69) is 10.1 Å². The third-order valence-corrected chi connectivity index (χ3v) is 5.75. The van der Waals surface area contributed by atoms with Crippen molar-refractivity contribution in [3.05, 3.63) is 29.8 Å². The maximum absolute atomic E-state index is 12.4. The lowest BCUT2D eigenvalue weighted by atomic mass is 10.1. The molecule has 0 aliphatic heterocycles. The highest BCUT2D eigenvalue weighted by atomic mass is 32.2. The number of nitrogens with zero attached hydrogens (tertiary/aromatic N) is 1. The number of esters is 1. The van der Waals surface area contributed by atoms with Crippen molar-refractivity contribution in [2.24, 2.45) is 0 Å². The van der Waals surface area contributed by atoms with E-state index in [0.717, 1.165) is 7.11 Å². The standard InChI is InChI=1S/C16H24N2O6S/c1-5-18(6-2)25(22,23)13-9-7-12(8-10-13)15(20)17-14(11(3)19)16(21)24-4/h7-11,14,19H,5-6H2,1-4H3,(H,17,20)/t11-,14-/m0/s1. The molecular weight excluding hydrogens is 348 g/mol. The molecule has 1 aromatic rings. The number of hydrogen-bond donors (Lipinski definition) is 2. The van der Waals surface area contributed by atoms with Gasteiger partial charge in [0.25, 0.3) is 5.91 Å². The molecule has 1 aromatic carbocycles. The molecule has 0 unspecified atom stereocenters. The van der Waals surface area contributed by atoms with Gasteiger partial charge in [-0.25, -0.2) is 13.2 Å². The molecule has 0 bridgehead atoms. The molecule has 2 atom stereocenters. The first-order chi connectivity index (χ1) is 11.7. The molecule has 1 rings (SSSR count). The summed E-state index contributed by atoms with van der Waals surface area (Å²) in [5.41, 5.74) is 0.160. The van der Waals surface area contributed by atoms with Gasteiger partial charge in [-0.2, -0.15) is 4.31 Å². The van der Waals surface area contributed by atoms with Crippen molar-refractivity contribution in [2.45, 2.75) is 37.8 Å². The van der Waals surface area contributed by atoms with Gasteiger partial charge in [0, 0.05) is 18.7 Å². The number of carbonyl (C=O) groups excluding carboxylic acids is 2. The molecule has 0 saturated carbocycles. The second-order valence-electron chi connectivity index (χ2n) is 5.33. The fourth-order valence-electron chi connectivity index (χ4n) is 2.22. The third-order valence-electron chi connectivity index (χ3n) is 3.68. The van der Waals surface area contributed by atoms with Crippen LogP contribution in [0.2, 0.25) is 0 Å². The first kappa shape index (κ1) is 21.1. The minimum Gasteiger partial charge on any atom is -0.467 e. The van der Waals surface area contributed by atoms with Crippen molar-refractivity contribution in [3.63, 3.8) is 0 Å². The van der Waals surface area contributed by atoms with Gasteiger partial charge in [0.1, 0.15) is 0 Å². The Morgan fingerprint density at radius 1 is 1.20 bits per heavy atom. The number of benzene rings is 1. The van der Waals surface area contributed by atoms with Crippen molar-refractivity contribution >= 4 is 21.9 Å². The zero-order chi connectivity index (χ0) is 19.2. The highest BCUT2D eigenvalue weighted by Gasteiger charge is 2.27. The van der Waals surface area contributed by atoms with Gasteiger partial charge in [0.2, 0.25) is 10.0 Å². The van der Waals surface area contributed by atoms with E-state index in [1.54, 1.807) is 13.8 Å². The van der Waals surface area contributed by atoms with Gasteiger partial charge in [-0.05, 0) is 31.2 Å². The molecule has 0 heterocycles. The van der Waals surface area contributed by atoms with Gasteiger partial charge >= 0.3 is 5.97 Å². The van der Waals surface area contributed by atoms with Crippen LogP contribution in [0.4, 0.5) is 0 Å². The van der Waals surface area contributed by atoms with E-state index in [1.807, 2.05) is 0 Å². The average molecular weight is 372 g/mol. The monoisotopic (exact) mass is 372 g/mol. The van der Waals surface area contributed by atoms with Crippen LogP contribution in [0.25, 0.3) is 0 Å². The molecule has 0 spiro atoms. The van der Waals surface area contributed by atoms with Gasteiger partial charge in [-0.15, -0.1) is 0 Å². The molecule has 140 valence electrons. The lowest BCUT2D eigenvalue weighted by Crippen LogP contribution is -2.48. The fourth-order valence-corrected chi connectivity index (χ4v) is 3.68. The number of amides is 1. The van der Waals surface area contributed by atoms with E-state index in [-0.39, 0.29) is 10.5 Å². The number of rotatable bonds is 8. The van der Waals surface area contributed by atoms with Crippen LogP contribution in [0, 0.1) is 0 Å². The summed E-state index contributed by atoms with van der Waals surface area (Å²) in [6.45, 7) is 5.52. The molecule has 25 heavy (non-hydrogen) atoms. The summed E-state index contributed by atoms with van der Waals surface area (Å²) in [5.74, 6) is -1.40. The normalized spacial score (nSPS) is 14.0. The Bertz CT molecular complexity index is 696. The topological polar surface area (TPSA) is 113 Å². The van der Waals surface area contributed by atoms with Crippen molar-refractivity contribution in [3.8, 4) is 0 Å². The van der Waals surface area contributed by atoms with Crippen LogP contribution in [-0.4, -0.2) is 62.1 Å². The van der Waals surface area contributed by atoms with Gasteiger partial charge in [-0.3, -0.25) is 4.79 Å². The van der Waals surface area contributed by atoms with Crippen molar-refractivity contribution in [1.82, 2.24) is 9.62 Å². The number of nitrogens with one attached hydrogen (secondary N) is 1. The lowest BCUT2D eigenvalue weighted by molar-refractivity contribution is -0.145. The van der Waals surface area contributed by atoms with E-state index in [1.165, 1.54) is 35.5 Å². The number of methoxy groups -OCH3 is 1. The van der Waals surface area contributed by atoms with E-state index in [9.17, 15) is 23.1 Å². The largest absolute Gasteiger partial charge is 0.467 e. The third kappa shape index (κ3) is 5.00. The van der Waals surface area contributed by atoms with E-state index in [4.69, 9.17) is 0 Å². The molecule has 0 fully saturated rings. The SMILES string of the molecule is CCN(CC)S(=O)(=O)c1ccc(C(=O)N[C@H](C(=O)OC)[C@H](C)O)cc1. The predicted molar refractivity (Wildman–Crippen MR) is 91.5 cm³/mol. The Morgan fingerprint density at radius 2 is 1.72 bits per heavy atom. The molecule has 8 nitrogen and oxygen atoms in total. The number of carbonyl (C=O) groups is 2. The molecule has 0 saturated heterocycles. The molecular formula is C16H24N2O6S. The smallest absolute Gasteiger partial charge is 0.331 e. The molecule has 0 aliphatic rings. The second-order valence-corrected chi connectivity index (χ2v) is 7.27. The summed E-state index contributed by atoms with van der Waals surface area (Å²) in [7, 11) is -2.46. The Hall–Kier alpha value is -1.97. The van der Waals surface area contributed by atoms with Crippen LogP contribution in [0.5, 0.6) is 0 Å². The van der Waals surface area contributed by atoms with E-state index >= 15 is 0 Å². The minimum atomic E-state index is -3.61. The maximum Gasteiger partial charge on any atom is 0.331 e. The van der Waals surface area contributed by atoms with Gasteiger partial charge < -0.3 is 15.2 Å². The van der Waals surface area contributed by atoms with Crippen LogP contribution < -0.4 is 5.32 Å². The van der Waals surface area contributed by atoms with Crippen molar-refractivity contribution in [1.29, 1.82) is 0 Å². The molecule has 0 aromatic heterocycles. The van der Waals surface area contributed by atoms with Crippen LogP contribution in [0.1, 0.15) is 31.1 Å².